The maximum atomic E-state index is 14.6. The van der Waals surface area contributed by atoms with Crippen LogP contribution in [0.5, 0.6) is 17.2 Å². The molecule has 0 aliphatic carbocycles. The quantitative estimate of drug-likeness (QED) is 0.109. The van der Waals surface area contributed by atoms with Crippen LogP contribution in [-0.4, -0.2) is 38.6 Å². The van der Waals surface area contributed by atoms with Crippen LogP contribution in [-0.2, 0) is 33.8 Å². The van der Waals surface area contributed by atoms with Crippen molar-refractivity contribution < 1.29 is 41.8 Å². The second kappa shape index (κ2) is 15.0. The second-order valence-electron chi connectivity index (χ2n) is 10.5. The van der Waals surface area contributed by atoms with Gasteiger partial charge in [-0.25, -0.2) is 0 Å². The minimum Gasteiger partial charge on any atom is -0.506 e. The highest BCUT2D eigenvalue weighted by Crippen LogP contribution is 2.56. The standard InChI is InChI=1S/C36H40O9P2/c1-6-42-46(38,43-7-2)31-22-26-14-10-12-16-29(26)33(35(31)37)34-30-17-13-11-15-27(30)23-32(47(39,44-8-3)45-9-4)36(34)41-24-25-18-20-28(40-5)21-19-25/h10-23,37H,6-9,24H2,1-5H3. The molecule has 5 rings (SSSR count). The second-order valence-corrected chi connectivity index (χ2v) is 14.5. The molecule has 248 valence electrons. The highest BCUT2D eigenvalue weighted by Gasteiger charge is 2.37. The van der Waals surface area contributed by atoms with Crippen LogP contribution in [0.4, 0.5) is 0 Å². The van der Waals surface area contributed by atoms with E-state index >= 15 is 0 Å². The summed E-state index contributed by atoms with van der Waals surface area (Å²) in [5.41, 5.74) is 1.57. The molecule has 5 aromatic rings. The fourth-order valence-electron chi connectivity index (χ4n) is 5.60. The molecule has 0 amide bonds. The first-order valence-electron chi connectivity index (χ1n) is 15.6. The summed E-state index contributed by atoms with van der Waals surface area (Å²) >= 11 is 0. The van der Waals surface area contributed by atoms with Gasteiger partial charge in [0.25, 0.3) is 0 Å². The van der Waals surface area contributed by atoms with Crippen LogP contribution in [0.15, 0.2) is 84.9 Å². The minimum atomic E-state index is -3.98. The Labute approximate surface area is 275 Å². The smallest absolute Gasteiger partial charge is 0.365 e. The van der Waals surface area contributed by atoms with Crippen molar-refractivity contribution in [3.63, 3.8) is 0 Å². The lowest BCUT2D eigenvalue weighted by Crippen LogP contribution is -2.17. The van der Waals surface area contributed by atoms with Crippen LogP contribution in [0, 0.1) is 0 Å². The number of hydrogen-bond donors (Lipinski definition) is 1. The largest absolute Gasteiger partial charge is 0.506 e. The Morgan fingerprint density at radius 2 is 1.09 bits per heavy atom. The zero-order valence-electron chi connectivity index (χ0n) is 27.2. The van der Waals surface area contributed by atoms with E-state index in [1.54, 1.807) is 46.9 Å². The lowest BCUT2D eigenvalue weighted by Gasteiger charge is -2.26. The van der Waals surface area contributed by atoms with Gasteiger partial charge in [0, 0.05) is 11.1 Å². The number of fused-ring (bicyclic) bond motifs is 2. The highest BCUT2D eigenvalue weighted by atomic mass is 31.2. The molecule has 0 saturated heterocycles. The Kier molecular flexibility index (Phi) is 11.1. The summed E-state index contributed by atoms with van der Waals surface area (Å²) in [5.74, 6) is 0.595. The minimum absolute atomic E-state index is 0.0169. The number of phenolic OH excluding ortho intramolecular Hbond substituents is 1. The van der Waals surface area contributed by atoms with Crippen LogP contribution in [0.25, 0.3) is 32.7 Å². The third-order valence-corrected chi connectivity index (χ3v) is 11.8. The van der Waals surface area contributed by atoms with E-state index in [0.717, 1.165) is 5.56 Å². The number of aromatic hydroxyl groups is 1. The van der Waals surface area contributed by atoms with Crippen LogP contribution in [0.3, 0.4) is 0 Å². The molecule has 0 aliphatic heterocycles. The van der Waals surface area contributed by atoms with Gasteiger partial charge in [0.05, 0.1) is 33.5 Å². The summed E-state index contributed by atoms with van der Waals surface area (Å²) in [5, 5.41) is 15.2. The van der Waals surface area contributed by atoms with Gasteiger partial charge in [0.1, 0.15) is 34.5 Å². The molecular formula is C36H40O9P2. The Hall–Kier alpha value is -3.68. The molecule has 0 bridgehead atoms. The number of methoxy groups -OCH3 is 1. The molecule has 0 heterocycles. The topological polar surface area (TPSA) is 110 Å². The van der Waals surface area contributed by atoms with E-state index in [2.05, 4.69) is 0 Å². The van der Waals surface area contributed by atoms with Gasteiger partial charge >= 0.3 is 15.2 Å². The summed E-state index contributed by atoms with van der Waals surface area (Å²) in [4.78, 5) is 0. The van der Waals surface area contributed by atoms with Crippen molar-refractivity contribution in [3.05, 3.63) is 90.5 Å². The number of rotatable bonds is 15. The van der Waals surface area contributed by atoms with E-state index in [0.29, 0.717) is 38.4 Å². The molecule has 0 radical (unpaired) electrons. The molecule has 0 atom stereocenters. The van der Waals surface area contributed by atoms with Crippen molar-refractivity contribution >= 4 is 47.3 Å². The molecule has 47 heavy (non-hydrogen) atoms. The lowest BCUT2D eigenvalue weighted by molar-refractivity contribution is 0.227. The fraction of sp³-hybridized carbons (Fsp3) is 0.278. The maximum Gasteiger partial charge on any atom is 0.365 e. The number of hydrogen-bond acceptors (Lipinski definition) is 9. The van der Waals surface area contributed by atoms with E-state index in [-0.39, 0.29) is 55.1 Å². The third kappa shape index (κ3) is 6.97. The van der Waals surface area contributed by atoms with Gasteiger partial charge in [0.15, 0.2) is 0 Å². The van der Waals surface area contributed by atoms with Crippen LogP contribution in [0.1, 0.15) is 33.3 Å². The van der Waals surface area contributed by atoms with Crippen molar-refractivity contribution in [1.29, 1.82) is 0 Å². The van der Waals surface area contributed by atoms with Gasteiger partial charge in [-0.3, -0.25) is 9.13 Å². The highest BCUT2D eigenvalue weighted by molar-refractivity contribution is 7.62. The molecular weight excluding hydrogens is 638 g/mol. The Balaban J connectivity index is 1.92. The molecule has 11 heteroatoms. The average molecular weight is 679 g/mol. The van der Waals surface area contributed by atoms with Gasteiger partial charge in [-0.2, -0.15) is 0 Å². The zero-order valence-corrected chi connectivity index (χ0v) is 29.0. The van der Waals surface area contributed by atoms with E-state index < -0.39 is 15.2 Å². The molecule has 0 saturated carbocycles. The molecule has 0 aromatic heterocycles. The first-order valence-corrected chi connectivity index (χ1v) is 18.7. The number of ether oxygens (including phenoxy) is 2. The van der Waals surface area contributed by atoms with Crippen molar-refractivity contribution in [2.75, 3.05) is 33.5 Å². The van der Waals surface area contributed by atoms with Gasteiger partial charge in [-0.1, -0.05) is 60.7 Å². The third-order valence-electron chi connectivity index (χ3n) is 7.56. The Bertz CT molecular complexity index is 1940. The molecule has 0 aliphatic rings. The SMILES string of the molecule is CCOP(=O)(OCC)c1cc2ccccc2c(-c2c(OCc3ccc(OC)cc3)c(P(=O)(OCC)OCC)cc3ccccc23)c1O. The molecule has 0 spiro atoms. The molecule has 5 aromatic carbocycles. The van der Waals surface area contributed by atoms with E-state index in [1.807, 2.05) is 72.8 Å². The normalized spacial score (nSPS) is 12.1. The van der Waals surface area contributed by atoms with Crippen LogP contribution < -0.4 is 20.1 Å². The van der Waals surface area contributed by atoms with Gasteiger partial charge in [-0.05, 0) is 79.1 Å². The van der Waals surface area contributed by atoms with Crippen LogP contribution in [0.2, 0.25) is 0 Å². The first-order chi connectivity index (χ1) is 22.7. The van der Waals surface area contributed by atoms with Crippen molar-refractivity contribution in [3.8, 4) is 28.4 Å². The van der Waals surface area contributed by atoms with Crippen molar-refractivity contribution in [1.82, 2.24) is 0 Å². The zero-order chi connectivity index (χ0) is 33.6. The van der Waals surface area contributed by atoms with Gasteiger partial charge in [-0.15, -0.1) is 0 Å². The van der Waals surface area contributed by atoms with Gasteiger partial charge in [0.2, 0.25) is 0 Å². The van der Waals surface area contributed by atoms with Crippen molar-refractivity contribution in [2.45, 2.75) is 34.3 Å². The summed E-state index contributed by atoms with van der Waals surface area (Å²) in [6, 6.07) is 25.7. The number of phenols is 1. The average Bonchev–Trinajstić information content (AvgIpc) is 3.07. The maximum absolute atomic E-state index is 14.6. The molecule has 9 nitrogen and oxygen atoms in total. The van der Waals surface area contributed by atoms with E-state index in [9.17, 15) is 14.2 Å². The Morgan fingerprint density at radius 3 is 1.60 bits per heavy atom. The predicted molar refractivity (Wildman–Crippen MR) is 187 cm³/mol. The van der Waals surface area contributed by atoms with Crippen LogP contribution >= 0.6 is 15.2 Å². The lowest BCUT2D eigenvalue weighted by atomic mass is 9.92. The summed E-state index contributed by atoms with van der Waals surface area (Å²) in [6.07, 6.45) is 0. The summed E-state index contributed by atoms with van der Waals surface area (Å²) in [7, 11) is -6.35. The first kappa shape index (κ1) is 34.6. The number of benzene rings is 5. The monoisotopic (exact) mass is 678 g/mol. The predicted octanol–water partition coefficient (Wildman–Crippen LogP) is 8.74. The van der Waals surface area contributed by atoms with Crippen molar-refractivity contribution in [2.24, 2.45) is 0 Å². The summed E-state index contributed by atoms with van der Waals surface area (Å²) < 4.78 is 64.0. The van der Waals surface area contributed by atoms with E-state index in [1.165, 1.54) is 0 Å². The summed E-state index contributed by atoms with van der Waals surface area (Å²) in [6.45, 7) is 7.42. The van der Waals surface area contributed by atoms with Gasteiger partial charge < -0.3 is 32.7 Å². The van der Waals surface area contributed by atoms with E-state index in [4.69, 9.17) is 27.6 Å². The molecule has 1 N–H and O–H groups in total. The molecule has 0 fully saturated rings. The molecule has 0 unspecified atom stereocenters. The Morgan fingerprint density at radius 1 is 0.617 bits per heavy atom. The fourth-order valence-corrected chi connectivity index (χ4v) is 9.06.